The van der Waals surface area contributed by atoms with Crippen LogP contribution in [-0.4, -0.2) is 40.8 Å². The van der Waals surface area contributed by atoms with Crippen LogP contribution in [0.2, 0.25) is 10.0 Å². The molecule has 0 N–H and O–H groups in total. The lowest BCUT2D eigenvalue weighted by molar-refractivity contribution is -0.115. The highest BCUT2D eigenvalue weighted by atomic mass is 35.5. The Hall–Kier alpha value is -1.90. The van der Waals surface area contributed by atoms with Crippen LogP contribution in [0.5, 0.6) is 0 Å². The van der Waals surface area contributed by atoms with E-state index in [1.807, 2.05) is 24.3 Å². The maximum absolute atomic E-state index is 13.5. The molecule has 0 unspecified atom stereocenters. The molecule has 5 nitrogen and oxygen atoms in total. The van der Waals surface area contributed by atoms with Gasteiger partial charge in [-0.2, -0.15) is 0 Å². The largest absolute Gasteiger partial charge is 0.294 e. The summed E-state index contributed by atoms with van der Waals surface area (Å²) in [6.07, 6.45) is 0. The zero-order valence-corrected chi connectivity index (χ0v) is 20.0. The lowest BCUT2D eigenvalue weighted by Gasteiger charge is -2.25. The van der Waals surface area contributed by atoms with Gasteiger partial charge in [0.2, 0.25) is 0 Å². The number of fused-ring (bicyclic) bond motifs is 1. The molecule has 2 aliphatic heterocycles. The van der Waals surface area contributed by atoms with Crippen molar-refractivity contribution in [2.24, 2.45) is 0 Å². The smallest absolute Gasteiger partial charge is 0.271 e. The second-order valence-corrected chi connectivity index (χ2v) is 9.46. The van der Waals surface area contributed by atoms with Gasteiger partial charge in [0.1, 0.15) is 0 Å². The van der Waals surface area contributed by atoms with Crippen molar-refractivity contribution < 1.29 is 9.59 Å². The Bertz CT molecular complexity index is 1130. The van der Waals surface area contributed by atoms with Crippen LogP contribution in [0.1, 0.15) is 19.4 Å². The van der Waals surface area contributed by atoms with E-state index < -0.39 is 0 Å². The summed E-state index contributed by atoms with van der Waals surface area (Å²) in [4.78, 5) is 32.5. The number of hydrogen-bond donors (Lipinski definition) is 0. The van der Waals surface area contributed by atoms with Crippen molar-refractivity contribution in [2.45, 2.75) is 13.8 Å². The molecular weight excluding hydrogens is 473 g/mol. The van der Waals surface area contributed by atoms with Crippen LogP contribution in [0, 0.1) is 0 Å². The van der Waals surface area contributed by atoms with Crippen LogP contribution in [-0.2, 0) is 9.59 Å². The minimum atomic E-state index is -0.337. The number of hydrogen-bond acceptors (Lipinski definition) is 5. The zero-order chi connectivity index (χ0) is 22.3. The summed E-state index contributed by atoms with van der Waals surface area (Å²) in [5.74, 6) is -0.529. The average molecular weight is 492 g/mol. The molecule has 0 radical (unpaired) electrons. The van der Waals surface area contributed by atoms with E-state index in [2.05, 4.69) is 18.7 Å². The molecule has 2 heterocycles. The fourth-order valence-electron chi connectivity index (χ4n) is 3.63. The fourth-order valence-corrected chi connectivity index (χ4v) is 5.29. The molecule has 4 rings (SSSR count). The average Bonchev–Trinajstić information content (AvgIpc) is 3.20. The Morgan fingerprint density at radius 3 is 2.39 bits per heavy atom. The van der Waals surface area contributed by atoms with Gasteiger partial charge in [-0.25, -0.2) is 0 Å². The lowest BCUT2D eigenvalue weighted by atomic mass is 10.1. The highest BCUT2D eigenvalue weighted by Crippen LogP contribution is 2.46. The minimum absolute atomic E-state index is 0.192. The predicted molar refractivity (Wildman–Crippen MR) is 133 cm³/mol. The van der Waals surface area contributed by atoms with Gasteiger partial charge in [-0.1, -0.05) is 79.2 Å². The van der Waals surface area contributed by atoms with E-state index in [4.69, 9.17) is 35.4 Å². The monoisotopic (exact) mass is 491 g/mol. The Morgan fingerprint density at radius 2 is 1.71 bits per heavy atom. The van der Waals surface area contributed by atoms with E-state index in [0.717, 1.165) is 36.1 Å². The van der Waals surface area contributed by atoms with Crippen LogP contribution in [0.4, 0.5) is 11.4 Å². The molecule has 31 heavy (non-hydrogen) atoms. The van der Waals surface area contributed by atoms with E-state index >= 15 is 0 Å². The standard InChI is InChI=1S/C22H19Cl2N3O2S2/c1-3-25(4-2)12-26-17-8-6-5-7-14(17)18(20(26)28)19-21(29)27(22(30)31-19)13-9-10-15(23)16(24)11-13/h5-11H,3-4,12H2,1-2H3/b19-18-. The van der Waals surface area contributed by atoms with Crippen molar-refractivity contribution in [3.63, 3.8) is 0 Å². The van der Waals surface area contributed by atoms with Crippen LogP contribution >= 0.6 is 47.2 Å². The summed E-state index contributed by atoms with van der Waals surface area (Å²) < 4.78 is 0.346. The van der Waals surface area contributed by atoms with Gasteiger partial charge in [0.15, 0.2) is 4.32 Å². The first-order valence-corrected chi connectivity index (χ1v) is 11.7. The molecule has 0 bridgehead atoms. The van der Waals surface area contributed by atoms with Crippen LogP contribution < -0.4 is 9.80 Å². The third-order valence-electron chi connectivity index (χ3n) is 5.32. The Labute approximate surface area is 200 Å². The van der Waals surface area contributed by atoms with Gasteiger partial charge in [0.05, 0.1) is 38.6 Å². The van der Waals surface area contributed by atoms with E-state index in [-0.39, 0.29) is 11.8 Å². The van der Waals surface area contributed by atoms with Crippen LogP contribution in [0.25, 0.3) is 5.57 Å². The third kappa shape index (κ3) is 3.90. The number of benzene rings is 2. The molecule has 0 aliphatic carbocycles. The molecule has 160 valence electrons. The highest BCUT2D eigenvalue weighted by molar-refractivity contribution is 8.27. The summed E-state index contributed by atoms with van der Waals surface area (Å²) in [6, 6.07) is 12.4. The van der Waals surface area contributed by atoms with Gasteiger partial charge in [-0.05, 0) is 37.4 Å². The lowest BCUT2D eigenvalue weighted by Crippen LogP contribution is -2.39. The third-order valence-corrected chi connectivity index (χ3v) is 7.43. The Balaban J connectivity index is 1.78. The summed E-state index contributed by atoms with van der Waals surface area (Å²) in [6.45, 7) is 6.20. The van der Waals surface area contributed by atoms with Gasteiger partial charge >= 0.3 is 0 Å². The van der Waals surface area contributed by atoms with E-state index in [0.29, 0.717) is 37.2 Å². The number of anilines is 2. The second kappa shape index (κ2) is 8.92. The molecule has 0 spiro atoms. The molecule has 2 amide bonds. The quantitative estimate of drug-likeness (QED) is 0.412. The molecule has 1 fully saturated rings. The van der Waals surface area contributed by atoms with E-state index in [1.54, 1.807) is 23.1 Å². The van der Waals surface area contributed by atoms with Crippen LogP contribution in [0.3, 0.4) is 0 Å². The van der Waals surface area contributed by atoms with Gasteiger partial charge in [0.25, 0.3) is 11.8 Å². The van der Waals surface area contributed by atoms with Crippen molar-refractivity contribution in [1.82, 2.24) is 4.90 Å². The number of amides is 2. The molecule has 0 saturated carbocycles. The Kier molecular flexibility index (Phi) is 6.42. The number of carbonyl (C=O) groups excluding carboxylic acids is 2. The van der Waals surface area contributed by atoms with Gasteiger partial charge in [-0.15, -0.1) is 0 Å². The number of thiocarbonyl (C=S) groups is 1. The normalized spacial score (nSPS) is 18.5. The number of carbonyl (C=O) groups is 2. The van der Waals surface area contributed by atoms with Crippen molar-refractivity contribution in [1.29, 1.82) is 0 Å². The number of rotatable bonds is 5. The highest BCUT2D eigenvalue weighted by Gasteiger charge is 2.42. The van der Waals surface area contributed by atoms with Crippen molar-refractivity contribution in [2.75, 3.05) is 29.6 Å². The first-order valence-electron chi connectivity index (χ1n) is 9.76. The molecule has 2 aromatic carbocycles. The summed E-state index contributed by atoms with van der Waals surface area (Å²) in [7, 11) is 0. The van der Waals surface area contributed by atoms with Gasteiger partial charge in [-0.3, -0.25) is 24.3 Å². The molecule has 1 saturated heterocycles. The number of halogens is 2. The first-order chi connectivity index (χ1) is 14.9. The minimum Gasteiger partial charge on any atom is -0.294 e. The SMILES string of the molecule is CCN(CC)CN1C(=O)/C(=C2\SC(=S)N(c3ccc(Cl)c(Cl)c3)C2=O)c2ccccc21. The van der Waals surface area contributed by atoms with Gasteiger partial charge in [0, 0.05) is 5.56 Å². The molecule has 0 atom stereocenters. The number of para-hydroxylation sites is 1. The topological polar surface area (TPSA) is 43.9 Å². The summed E-state index contributed by atoms with van der Waals surface area (Å²) in [5.41, 5.74) is 2.46. The number of thioether (sulfide) groups is 1. The second-order valence-electron chi connectivity index (χ2n) is 7.01. The Morgan fingerprint density at radius 1 is 1.00 bits per heavy atom. The van der Waals surface area contributed by atoms with Crippen molar-refractivity contribution in [3.05, 3.63) is 63.0 Å². The molecule has 9 heteroatoms. The van der Waals surface area contributed by atoms with Crippen molar-refractivity contribution in [3.8, 4) is 0 Å². The van der Waals surface area contributed by atoms with E-state index in [9.17, 15) is 9.59 Å². The van der Waals surface area contributed by atoms with E-state index in [1.165, 1.54) is 4.90 Å². The van der Waals surface area contributed by atoms with Crippen molar-refractivity contribution >= 4 is 80.3 Å². The molecule has 2 aliphatic rings. The molecular formula is C22H19Cl2N3O2S2. The summed E-state index contributed by atoms with van der Waals surface area (Å²) in [5, 5.41) is 0.717. The van der Waals surface area contributed by atoms with Crippen LogP contribution in [0.15, 0.2) is 47.4 Å². The fraction of sp³-hybridized carbons (Fsp3) is 0.227. The van der Waals surface area contributed by atoms with Gasteiger partial charge < -0.3 is 0 Å². The maximum atomic E-state index is 13.5. The molecule has 0 aromatic heterocycles. The maximum Gasteiger partial charge on any atom is 0.271 e. The molecule has 2 aromatic rings. The first kappa shape index (κ1) is 22.3. The summed E-state index contributed by atoms with van der Waals surface area (Å²) >= 11 is 18.8. The number of nitrogens with zero attached hydrogens (tertiary/aromatic N) is 3. The predicted octanol–water partition coefficient (Wildman–Crippen LogP) is 5.42. The zero-order valence-electron chi connectivity index (χ0n) is 16.9.